The highest BCUT2D eigenvalue weighted by Crippen LogP contribution is 2.21. The lowest BCUT2D eigenvalue weighted by Crippen LogP contribution is -2.46. The Morgan fingerprint density at radius 2 is 1.27 bits per heavy atom. The number of rotatable bonds is 6. The van der Waals surface area contributed by atoms with Crippen LogP contribution in [-0.2, 0) is 17.7 Å². The SMILES string of the molecule is CC.CC.COCCN1CCN(Cc2ccc(CC(C)(C)C)cc2)CC1. The fraction of sp³-hybridized carbons (Fsp3) is 0.739. The number of nitrogens with zero attached hydrogens (tertiary/aromatic N) is 2. The Bertz CT molecular complexity index is 429. The van der Waals surface area contributed by atoms with E-state index in [0.717, 1.165) is 52.3 Å². The highest BCUT2D eigenvalue weighted by atomic mass is 16.5. The van der Waals surface area contributed by atoms with Crippen molar-refractivity contribution in [1.29, 1.82) is 0 Å². The highest BCUT2D eigenvalue weighted by molar-refractivity contribution is 5.23. The Morgan fingerprint density at radius 3 is 1.73 bits per heavy atom. The van der Waals surface area contributed by atoms with E-state index < -0.39 is 0 Å². The first-order valence-electron chi connectivity index (χ1n) is 10.5. The molecule has 1 aliphatic rings. The molecule has 1 saturated heterocycles. The van der Waals surface area contributed by atoms with Crippen molar-refractivity contribution >= 4 is 0 Å². The van der Waals surface area contributed by atoms with E-state index >= 15 is 0 Å². The topological polar surface area (TPSA) is 15.7 Å². The van der Waals surface area contributed by atoms with Gasteiger partial charge in [-0.1, -0.05) is 72.7 Å². The van der Waals surface area contributed by atoms with E-state index in [-0.39, 0.29) is 0 Å². The van der Waals surface area contributed by atoms with E-state index in [9.17, 15) is 0 Å². The van der Waals surface area contributed by atoms with E-state index in [1.807, 2.05) is 27.7 Å². The highest BCUT2D eigenvalue weighted by Gasteiger charge is 2.16. The van der Waals surface area contributed by atoms with Crippen molar-refractivity contribution in [1.82, 2.24) is 9.80 Å². The maximum Gasteiger partial charge on any atom is 0.0589 e. The molecule has 0 radical (unpaired) electrons. The van der Waals surface area contributed by atoms with Crippen molar-refractivity contribution in [3.8, 4) is 0 Å². The fourth-order valence-electron chi connectivity index (χ4n) is 3.02. The average Bonchev–Trinajstić information content (AvgIpc) is 2.65. The Labute approximate surface area is 163 Å². The standard InChI is InChI=1S/C19H32N2O.2C2H6/c1-19(2,3)15-17-5-7-18(8-6-17)16-21-11-9-20(10-12-21)13-14-22-4;2*1-2/h5-8H,9-16H2,1-4H3;2*1-2H3. The smallest absolute Gasteiger partial charge is 0.0589 e. The van der Waals surface area contributed by atoms with Gasteiger partial charge in [0.2, 0.25) is 0 Å². The first-order valence-corrected chi connectivity index (χ1v) is 10.5. The molecule has 0 spiro atoms. The van der Waals surface area contributed by atoms with Gasteiger partial charge in [-0.2, -0.15) is 0 Å². The predicted octanol–water partition coefficient (Wildman–Crippen LogP) is 5.09. The average molecular weight is 365 g/mol. The van der Waals surface area contributed by atoms with Crippen LogP contribution in [0.2, 0.25) is 0 Å². The first kappa shape index (κ1) is 25.1. The van der Waals surface area contributed by atoms with Crippen LogP contribution in [0.5, 0.6) is 0 Å². The third-order valence-electron chi connectivity index (χ3n) is 4.24. The third-order valence-corrected chi connectivity index (χ3v) is 4.24. The molecule has 1 aromatic carbocycles. The first-order chi connectivity index (χ1) is 12.5. The van der Waals surface area contributed by atoms with Crippen molar-refractivity contribution in [2.24, 2.45) is 5.41 Å². The molecule has 0 N–H and O–H groups in total. The molecule has 26 heavy (non-hydrogen) atoms. The lowest BCUT2D eigenvalue weighted by Gasteiger charge is -2.34. The molecule has 2 rings (SSSR count). The van der Waals surface area contributed by atoms with Gasteiger partial charge in [0.25, 0.3) is 0 Å². The number of methoxy groups -OCH3 is 1. The monoisotopic (exact) mass is 364 g/mol. The summed E-state index contributed by atoms with van der Waals surface area (Å²) in [6.45, 7) is 22.5. The van der Waals surface area contributed by atoms with Crippen LogP contribution in [0, 0.1) is 5.41 Å². The molecule has 0 amide bonds. The summed E-state index contributed by atoms with van der Waals surface area (Å²) in [5.74, 6) is 0. The maximum atomic E-state index is 5.16. The van der Waals surface area contributed by atoms with E-state index in [0.29, 0.717) is 5.41 Å². The molecule has 1 aliphatic heterocycles. The van der Waals surface area contributed by atoms with Crippen LogP contribution >= 0.6 is 0 Å². The lowest BCUT2D eigenvalue weighted by atomic mass is 9.88. The second kappa shape index (κ2) is 14.2. The normalized spacial score (nSPS) is 15.5. The van der Waals surface area contributed by atoms with Crippen molar-refractivity contribution in [2.45, 2.75) is 61.4 Å². The molecule has 152 valence electrons. The second-order valence-corrected chi connectivity index (χ2v) is 7.66. The second-order valence-electron chi connectivity index (χ2n) is 7.66. The Balaban J connectivity index is 0.00000146. The summed E-state index contributed by atoms with van der Waals surface area (Å²) in [6.07, 6.45) is 1.14. The molecular weight excluding hydrogens is 320 g/mol. The summed E-state index contributed by atoms with van der Waals surface area (Å²) in [7, 11) is 1.78. The minimum Gasteiger partial charge on any atom is -0.383 e. The molecule has 0 aromatic heterocycles. The molecule has 0 bridgehead atoms. The number of ether oxygens (including phenoxy) is 1. The van der Waals surface area contributed by atoms with Crippen LogP contribution in [-0.4, -0.2) is 56.2 Å². The number of hydrogen-bond donors (Lipinski definition) is 0. The van der Waals surface area contributed by atoms with Gasteiger partial charge in [-0.15, -0.1) is 0 Å². The molecule has 0 atom stereocenters. The summed E-state index contributed by atoms with van der Waals surface area (Å²) in [5.41, 5.74) is 3.24. The van der Waals surface area contributed by atoms with E-state index in [1.165, 1.54) is 11.1 Å². The van der Waals surface area contributed by atoms with Crippen LogP contribution in [0.3, 0.4) is 0 Å². The molecule has 1 aromatic rings. The Kier molecular flexibility index (Phi) is 13.7. The summed E-state index contributed by atoms with van der Waals surface area (Å²) >= 11 is 0. The van der Waals surface area contributed by atoms with Gasteiger partial charge in [0.15, 0.2) is 0 Å². The van der Waals surface area contributed by atoms with Crippen molar-refractivity contribution in [3.05, 3.63) is 35.4 Å². The van der Waals surface area contributed by atoms with E-state index in [1.54, 1.807) is 7.11 Å². The summed E-state index contributed by atoms with van der Waals surface area (Å²) in [6, 6.07) is 9.21. The molecule has 0 saturated carbocycles. The molecule has 1 heterocycles. The Hall–Kier alpha value is -0.900. The predicted molar refractivity (Wildman–Crippen MR) is 116 cm³/mol. The van der Waals surface area contributed by atoms with Gasteiger partial charge in [0.1, 0.15) is 0 Å². The van der Waals surface area contributed by atoms with Crippen molar-refractivity contribution in [2.75, 3.05) is 46.4 Å². The molecule has 0 unspecified atom stereocenters. The summed E-state index contributed by atoms with van der Waals surface area (Å²) < 4.78 is 5.16. The fourth-order valence-corrected chi connectivity index (χ4v) is 3.02. The maximum absolute atomic E-state index is 5.16. The van der Waals surface area contributed by atoms with Crippen LogP contribution in [0.1, 0.15) is 59.6 Å². The van der Waals surface area contributed by atoms with Crippen LogP contribution in [0.4, 0.5) is 0 Å². The van der Waals surface area contributed by atoms with Crippen LogP contribution in [0.25, 0.3) is 0 Å². The van der Waals surface area contributed by atoms with Gasteiger partial charge in [-0.05, 0) is 23.0 Å². The molecule has 0 aliphatic carbocycles. The number of benzene rings is 1. The zero-order chi connectivity index (χ0) is 20.0. The van der Waals surface area contributed by atoms with Crippen LogP contribution in [0.15, 0.2) is 24.3 Å². The molecule has 1 fully saturated rings. The minimum absolute atomic E-state index is 0.361. The Morgan fingerprint density at radius 1 is 0.808 bits per heavy atom. The summed E-state index contributed by atoms with van der Waals surface area (Å²) in [4.78, 5) is 5.05. The lowest BCUT2D eigenvalue weighted by molar-refractivity contribution is 0.0938. The summed E-state index contributed by atoms with van der Waals surface area (Å²) in [5, 5.41) is 0. The number of piperazine rings is 1. The quantitative estimate of drug-likeness (QED) is 0.699. The van der Waals surface area contributed by atoms with Gasteiger partial charge in [-0.3, -0.25) is 9.80 Å². The largest absolute Gasteiger partial charge is 0.383 e. The van der Waals surface area contributed by atoms with Gasteiger partial charge >= 0.3 is 0 Å². The van der Waals surface area contributed by atoms with Crippen molar-refractivity contribution < 1.29 is 4.74 Å². The van der Waals surface area contributed by atoms with Crippen LogP contribution < -0.4 is 0 Å². The third kappa shape index (κ3) is 10.9. The zero-order valence-corrected chi connectivity index (χ0v) is 18.8. The van der Waals surface area contributed by atoms with Gasteiger partial charge in [-0.25, -0.2) is 0 Å². The molecular formula is C23H44N2O. The van der Waals surface area contributed by atoms with Gasteiger partial charge in [0, 0.05) is 46.4 Å². The van der Waals surface area contributed by atoms with Gasteiger partial charge < -0.3 is 4.74 Å². The van der Waals surface area contributed by atoms with E-state index in [2.05, 4.69) is 54.8 Å². The number of hydrogen-bond acceptors (Lipinski definition) is 3. The zero-order valence-electron chi connectivity index (χ0n) is 18.8. The van der Waals surface area contributed by atoms with Crippen molar-refractivity contribution in [3.63, 3.8) is 0 Å². The van der Waals surface area contributed by atoms with Gasteiger partial charge in [0.05, 0.1) is 6.61 Å². The van der Waals surface area contributed by atoms with E-state index in [4.69, 9.17) is 4.74 Å². The molecule has 3 nitrogen and oxygen atoms in total. The minimum atomic E-state index is 0.361. The molecule has 3 heteroatoms.